The molecule has 4 saturated carbocycles. The van der Waals surface area contributed by atoms with Gasteiger partial charge in [0.2, 0.25) is 6.29 Å². The van der Waals surface area contributed by atoms with E-state index in [-0.39, 0.29) is 52.4 Å². The summed E-state index contributed by atoms with van der Waals surface area (Å²) in [5.74, 6) is -0.386. The highest BCUT2D eigenvalue weighted by Crippen LogP contribution is 2.76. The molecule has 3 saturated heterocycles. The van der Waals surface area contributed by atoms with E-state index < -0.39 is 134 Å². The molecule has 12 N–H and O–H groups in total. The standard InChI is InChI=1S/C48H78O19/c1-20-10-13-48(15-14-46(6)23(29(48)21(20)2)8-9-28-44(4)16-24(51)39(60)45(5,19-50)27(44)11-12-47(28,46)7)43(61)67-42-36(58)33(55)31(53)26(65-42)18-62-40-37(59)34(56)38(25(17-49)64-40)66-41-35(57)32(54)30(52)22(3)63-41/h8,20-22,24-42,49-60H,9-19H2,1-7H3/t20-,21+,22-,24-,25-,26-,27?,28-,29?,30+,31-,32-,33+,34-,35-,36-,37-,38-,39+,40-,41+,42+,44+,45+,46-,47-,48+/m1/s1. The van der Waals surface area contributed by atoms with Crippen LogP contribution in [0.1, 0.15) is 99.8 Å². The predicted molar refractivity (Wildman–Crippen MR) is 231 cm³/mol. The average molecular weight is 959 g/mol. The molecule has 0 aromatic rings. The Morgan fingerprint density at radius 2 is 1.34 bits per heavy atom. The van der Waals surface area contributed by atoms with Crippen LogP contribution in [-0.2, 0) is 33.2 Å². The second-order valence-corrected chi connectivity index (χ2v) is 22.9. The molecule has 0 aromatic heterocycles. The first-order valence-electron chi connectivity index (χ1n) is 24.5. The van der Waals surface area contributed by atoms with Gasteiger partial charge >= 0.3 is 5.97 Å². The largest absolute Gasteiger partial charge is 0.432 e. The topological polar surface area (TPSA) is 315 Å². The third-order valence-corrected chi connectivity index (χ3v) is 19.7. The lowest BCUT2D eigenvalue weighted by Crippen LogP contribution is -2.68. The summed E-state index contributed by atoms with van der Waals surface area (Å²) in [6, 6.07) is 0. The molecular formula is C48H78O19. The lowest BCUT2D eigenvalue weighted by Gasteiger charge is -2.71. The van der Waals surface area contributed by atoms with E-state index in [9.17, 15) is 61.3 Å². The zero-order valence-corrected chi connectivity index (χ0v) is 39.8. The van der Waals surface area contributed by atoms with Gasteiger partial charge in [-0.3, -0.25) is 4.79 Å². The number of rotatable bonds is 9. The van der Waals surface area contributed by atoms with Gasteiger partial charge in [-0.1, -0.05) is 53.2 Å². The number of carbonyl (C=O) groups excluding carboxylic acids is 1. The molecule has 0 radical (unpaired) electrons. The van der Waals surface area contributed by atoms with Crippen molar-refractivity contribution >= 4 is 5.97 Å². The predicted octanol–water partition coefficient (Wildman–Crippen LogP) is -1.03. The molecule has 384 valence electrons. The molecule has 0 aromatic carbocycles. The second-order valence-electron chi connectivity index (χ2n) is 22.9. The zero-order chi connectivity index (χ0) is 49.1. The van der Waals surface area contributed by atoms with Crippen molar-refractivity contribution in [3.8, 4) is 0 Å². The third-order valence-electron chi connectivity index (χ3n) is 19.7. The van der Waals surface area contributed by atoms with Crippen molar-refractivity contribution in [2.45, 2.75) is 204 Å². The summed E-state index contributed by atoms with van der Waals surface area (Å²) in [6.45, 7) is 13.0. The zero-order valence-electron chi connectivity index (χ0n) is 39.8. The van der Waals surface area contributed by atoms with Gasteiger partial charge in [0, 0.05) is 5.41 Å². The van der Waals surface area contributed by atoms with Crippen molar-refractivity contribution in [2.24, 2.45) is 56.7 Å². The Morgan fingerprint density at radius 1 is 0.701 bits per heavy atom. The number of fused-ring (bicyclic) bond motifs is 7. The Balaban J connectivity index is 0.985. The van der Waals surface area contributed by atoms with Crippen molar-refractivity contribution in [2.75, 3.05) is 19.8 Å². The number of hydrogen-bond acceptors (Lipinski definition) is 19. The molecule has 8 rings (SSSR count). The second kappa shape index (κ2) is 18.5. The van der Waals surface area contributed by atoms with Gasteiger partial charge in [0.15, 0.2) is 12.6 Å². The minimum atomic E-state index is -1.86. The van der Waals surface area contributed by atoms with E-state index in [0.29, 0.717) is 32.1 Å². The molecule has 0 bridgehead atoms. The fourth-order valence-corrected chi connectivity index (χ4v) is 15.2. The molecule has 8 aliphatic rings. The van der Waals surface area contributed by atoms with Crippen LogP contribution in [0.5, 0.6) is 0 Å². The first-order valence-corrected chi connectivity index (χ1v) is 24.5. The van der Waals surface area contributed by atoms with Crippen LogP contribution in [0.15, 0.2) is 11.6 Å². The fraction of sp³-hybridized carbons (Fsp3) is 0.938. The van der Waals surface area contributed by atoms with E-state index in [1.807, 2.05) is 6.92 Å². The van der Waals surface area contributed by atoms with Gasteiger partial charge < -0.3 is 89.7 Å². The molecular weight excluding hydrogens is 881 g/mol. The van der Waals surface area contributed by atoms with E-state index >= 15 is 4.79 Å². The van der Waals surface area contributed by atoms with Crippen LogP contribution in [0, 0.1) is 56.7 Å². The lowest BCUT2D eigenvalue weighted by molar-refractivity contribution is -0.361. The van der Waals surface area contributed by atoms with Crippen LogP contribution in [0.4, 0.5) is 0 Å². The van der Waals surface area contributed by atoms with Crippen molar-refractivity contribution in [3.63, 3.8) is 0 Å². The molecule has 0 spiro atoms. The van der Waals surface area contributed by atoms with E-state index in [1.165, 1.54) is 12.5 Å². The van der Waals surface area contributed by atoms with Crippen LogP contribution in [0.2, 0.25) is 0 Å². The van der Waals surface area contributed by atoms with Crippen LogP contribution >= 0.6 is 0 Å². The Kier molecular flexibility index (Phi) is 14.4. The molecule has 3 aliphatic heterocycles. The van der Waals surface area contributed by atoms with Crippen LogP contribution in [-0.4, -0.2) is 191 Å². The molecule has 0 amide bonds. The highest BCUT2D eigenvalue weighted by Gasteiger charge is 2.71. The average Bonchev–Trinajstić information content (AvgIpc) is 3.29. The lowest BCUT2D eigenvalue weighted by atomic mass is 9.33. The Morgan fingerprint density at radius 3 is 2.01 bits per heavy atom. The molecule has 19 heteroatoms. The van der Waals surface area contributed by atoms with Gasteiger partial charge in [0.25, 0.3) is 0 Å². The maximum Gasteiger partial charge on any atom is 0.315 e. The summed E-state index contributed by atoms with van der Waals surface area (Å²) < 4.78 is 34.7. The Hall–Kier alpha value is -1.47. The summed E-state index contributed by atoms with van der Waals surface area (Å²) in [7, 11) is 0. The molecule has 5 aliphatic carbocycles. The number of hydrogen-bond donors (Lipinski definition) is 12. The number of allylic oxidation sites excluding steroid dienone is 2. The summed E-state index contributed by atoms with van der Waals surface area (Å²) in [6.07, 6.45) is -18.9. The van der Waals surface area contributed by atoms with E-state index in [1.54, 1.807) is 0 Å². The van der Waals surface area contributed by atoms with E-state index in [0.717, 1.165) is 19.3 Å². The minimum Gasteiger partial charge on any atom is -0.432 e. The highest BCUT2D eigenvalue weighted by molar-refractivity contribution is 5.79. The number of carbonyl (C=O) groups is 1. The monoisotopic (exact) mass is 959 g/mol. The fourth-order valence-electron chi connectivity index (χ4n) is 15.2. The van der Waals surface area contributed by atoms with Crippen molar-refractivity contribution < 1.29 is 94.5 Å². The maximum atomic E-state index is 15.0. The third kappa shape index (κ3) is 7.92. The highest BCUT2D eigenvalue weighted by atomic mass is 16.8. The molecule has 27 atom stereocenters. The van der Waals surface area contributed by atoms with E-state index in [2.05, 4.69) is 40.7 Å². The number of aliphatic hydroxyl groups is 12. The Bertz CT molecular complexity index is 1820. The summed E-state index contributed by atoms with van der Waals surface area (Å²) in [4.78, 5) is 15.0. The smallest absolute Gasteiger partial charge is 0.315 e. The normalized spacial score (nSPS) is 56.7. The maximum absolute atomic E-state index is 15.0. The first kappa shape index (κ1) is 51.9. The van der Waals surface area contributed by atoms with Crippen molar-refractivity contribution in [3.05, 3.63) is 11.6 Å². The molecule has 7 fully saturated rings. The summed E-state index contributed by atoms with van der Waals surface area (Å²) in [5, 5.41) is 130. The summed E-state index contributed by atoms with van der Waals surface area (Å²) in [5.41, 5.74) is -1.64. The molecule has 3 heterocycles. The van der Waals surface area contributed by atoms with Crippen molar-refractivity contribution in [1.82, 2.24) is 0 Å². The van der Waals surface area contributed by atoms with Gasteiger partial charge in [-0.05, 0) is 104 Å². The number of aliphatic hydroxyl groups excluding tert-OH is 12. The molecule has 19 nitrogen and oxygen atoms in total. The number of ether oxygens (including phenoxy) is 6. The number of esters is 1. The SMILES string of the molecule is C[C@@H]1CC[C@]2(C(=O)O[C@@H]3O[C@H](CO[C@@H]4O[C@H](CO)[C@@H](O[C@@H]5O[C@H](C)[C@H](O)[C@@H](O)[C@H]5O)[C@H](O)[C@H]4O)[C@@H](O)[C@H](O)[C@H]3O)CC[C@]3(C)C(=CC[C@@H]4[C@@]5(C)C[C@@H](O)[C@H](O)[C@@](C)(CO)C5CC[C@]43C)C2[C@H]1C. The first-order chi connectivity index (χ1) is 31.4. The van der Waals surface area contributed by atoms with Gasteiger partial charge in [-0.15, -0.1) is 0 Å². The van der Waals surface area contributed by atoms with Crippen LogP contribution < -0.4 is 0 Å². The van der Waals surface area contributed by atoms with Gasteiger partial charge in [0.1, 0.15) is 67.1 Å². The van der Waals surface area contributed by atoms with Crippen LogP contribution in [0.25, 0.3) is 0 Å². The minimum absolute atomic E-state index is 0.0112. The Labute approximate surface area is 392 Å². The van der Waals surface area contributed by atoms with Gasteiger partial charge in [-0.2, -0.15) is 0 Å². The molecule has 67 heavy (non-hydrogen) atoms. The van der Waals surface area contributed by atoms with Gasteiger partial charge in [-0.25, -0.2) is 0 Å². The van der Waals surface area contributed by atoms with Crippen molar-refractivity contribution in [1.29, 1.82) is 0 Å². The quantitative estimate of drug-likeness (QED) is 0.0971. The van der Waals surface area contributed by atoms with Crippen LogP contribution in [0.3, 0.4) is 0 Å². The summed E-state index contributed by atoms with van der Waals surface area (Å²) >= 11 is 0. The molecule has 2 unspecified atom stereocenters. The van der Waals surface area contributed by atoms with E-state index in [4.69, 9.17) is 28.4 Å². The van der Waals surface area contributed by atoms with Gasteiger partial charge in [0.05, 0.1) is 43.5 Å².